The van der Waals surface area contributed by atoms with E-state index in [9.17, 15) is 9.59 Å². The molecule has 1 aromatic heterocycles. The summed E-state index contributed by atoms with van der Waals surface area (Å²) in [6.07, 6.45) is 1.37. The molecule has 2 unspecified atom stereocenters. The van der Waals surface area contributed by atoms with Crippen molar-refractivity contribution in [3.8, 4) is 0 Å². The standard InChI is InChI=1S/C13H16N2O4/c1-8-7-19-9(2)6-15(8)12(16)11-10(13(17)18)4-3-5-14-11/h3-5,8-9H,6-7H2,1-2H3,(H,17,18). The van der Waals surface area contributed by atoms with Crippen LogP contribution >= 0.6 is 0 Å². The highest BCUT2D eigenvalue weighted by Crippen LogP contribution is 2.16. The van der Waals surface area contributed by atoms with E-state index in [1.807, 2.05) is 13.8 Å². The highest BCUT2D eigenvalue weighted by Gasteiger charge is 2.31. The van der Waals surface area contributed by atoms with Gasteiger partial charge in [-0.15, -0.1) is 0 Å². The summed E-state index contributed by atoms with van der Waals surface area (Å²) in [5.74, 6) is -1.51. The molecule has 19 heavy (non-hydrogen) atoms. The predicted molar refractivity (Wildman–Crippen MR) is 67.1 cm³/mol. The number of morpholine rings is 1. The van der Waals surface area contributed by atoms with Crippen molar-refractivity contribution in [2.75, 3.05) is 13.2 Å². The zero-order valence-electron chi connectivity index (χ0n) is 10.9. The number of hydrogen-bond acceptors (Lipinski definition) is 4. The lowest BCUT2D eigenvalue weighted by atomic mass is 10.1. The molecule has 1 amide bonds. The van der Waals surface area contributed by atoms with Crippen molar-refractivity contribution in [2.45, 2.75) is 26.0 Å². The first-order chi connectivity index (χ1) is 9.00. The van der Waals surface area contributed by atoms with E-state index >= 15 is 0 Å². The van der Waals surface area contributed by atoms with E-state index in [1.165, 1.54) is 18.3 Å². The third kappa shape index (κ3) is 2.73. The Balaban J connectivity index is 2.31. The van der Waals surface area contributed by atoms with Crippen molar-refractivity contribution < 1.29 is 19.4 Å². The molecule has 1 fully saturated rings. The second-order valence-corrected chi connectivity index (χ2v) is 4.66. The van der Waals surface area contributed by atoms with Crippen LogP contribution < -0.4 is 0 Å². The van der Waals surface area contributed by atoms with Gasteiger partial charge in [0, 0.05) is 12.7 Å². The van der Waals surface area contributed by atoms with Crippen molar-refractivity contribution in [1.29, 1.82) is 0 Å². The minimum absolute atomic E-state index is 0.0176. The van der Waals surface area contributed by atoms with E-state index in [2.05, 4.69) is 4.98 Å². The Hall–Kier alpha value is -1.95. The molecule has 0 spiro atoms. The van der Waals surface area contributed by atoms with Crippen molar-refractivity contribution >= 4 is 11.9 Å². The SMILES string of the molecule is CC1CN(C(=O)c2ncccc2C(=O)O)C(C)CO1. The highest BCUT2D eigenvalue weighted by atomic mass is 16.5. The number of pyridine rings is 1. The van der Waals surface area contributed by atoms with Crippen LogP contribution in [0, 0.1) is 0 Å². The maximum absolute atomic E-state index is 12.4. The minimum atomic E-state index is -1.15. The summed E-state index contributed by atoms with van der Waals surface area (Å²) >= 11 is 0. The van der Waals surface area contributed by atoms with Crippen molar-refractivity contribution in [1.82, 2.24) is 9.88 Å². The van der Waals surface area contributed by atoms with Crippen LogP contribution in [0.2, 0.25) is 0 Å². The Morgan fingerprint density at radius 1 is 1.47 bits per heavy atom. The van der Waals surface area contributed by atoms with Gasteiger partial charge in [-0.2, -0.15) is 0 Å². The Labute approximate surface area is 111 Å². The second kappa shape index (κ2) is 5.36. The molecule has 2 heterocycles. The average Bonchev–Trinajstić information content (AvgIpc) is 2.40. The first kappa shape index (κ1) is 13.5. The molecule has 2 rings (SSSR count). The van der Waals surface area contributed by atoms with E-state index in [0.29, 0.717) is 13.2 Å². The fourth-order valence-corrected chi connectivity index (χ4v) is 2.07. The van der Waals surface area contributed by atoms with Crippen LogP contribution in [0.3, 0.4) is 0 Å². The van der Waals surface area contributed by atoms with Gasteiger partial charge in [-0.05, 0) is 26.0 Å². The van der Waals surface area contributed by atoms with Gasteiger partial charge in [-0.1, -0.05) is 0 Å². The molecule has 0 aliphatic carbocycles. The Morgan fingerprint density at radius 3 is 2.89 bits per heavy atom. The average molecular weight is 264 g/mol. The number of ether oxygens (including phenoxy) is 1. The minimum Gasteiger partial charge on any atom is -0.478 e. The van der Waals surface area contributed by atoms with Gasteiger partial charge in [0.15, 0.2) is 0 Å². The molecule has 6 heteroatoms. The molecule has 0 bridgehead atoms. The van der Waals surface area contributed by atoms with Crippen LogP contribution in [-0.2, 0) is 4.74 Å². The molecule has 1 aliphatic heterocycles. The van der Waals surface area contributed by atoms with Gasteiger partial charge in [-0.3, -0.25) is 9.78 Å². The van der Waals surface area contributed by atoms with Gasteiger partial charge in [0.1, 0.15) is 5.69 Å². The summed E-state index contributed by atoms with van der Waals surface area (Å²) in [5.41, 5.74) is -0.0882. The van der Waals surface area contributed by atoms with Crippen LogP contribution in [0.25, 0.3) is 0 Å². The molecular formula is C13H16N2O4. The van der Waals surface area contributed by atoms with E-state index in [-0.39, 0.29) is 29.3 Å². The number of amides is 1. The Kier molecular flexibility index (Phi) is 3.80. The van der Waals surface area contributed by atoms with Gasteiger partial charge >= 0.3 is 5.97 Å². The summed E-state index contributed by atoms with van der Waals surface area (Å²) in [4.78, 5) is 29.1. The largest absolute Gasteiger partial charge is 0.478 e. The smallest absolute Gasteiger partial charge is 0.338 e. The summed E-state index contributed by atoms with van der Waals surface area (Å²) in [5, 5.41) is 9.10. The molecule has 0 saturated carbocycles. The fraction of sp³-hybridized carbons (Fsp3) is 0.462. The maximum atomic E-state index is 12.4. The summed E-state index contributed by atoms with van der Waals surface area (Å²) in [6, 6.07) is 2.80. The highest BCUT2D eigenvalue weighted by molar-refractivity contribution is 6.03. The Morgan fingerprint density at radius 2 is 2.21 bits per heavy atom. The zero-order valence-corrected chi connectivity index (χ0v) is 10.9. The molecule has 0 aromatic carbocycles. The number of nitrogens with zero attached hydrogens (tertiary/aromatic N) is 2. The van der Waals surface area contributed by atoms with Crippen molar-refractivity contribution in [3.05, 3.63) is 29.6 Å². The molecule has 0 radical (unpaired) electrons. The molecule has 6 nitrogen and oxygen atoms in total. The topological polar surface area (TPSA) is 79.7 Å². The number of aromatic carboxylic acids is 1. The van der Waals surface area contributed by atoms with E-state index in [0.717, 1.165) is 0 Å². The number of hydrogen-bond donors (Lipinski definition) is 1. The third-order valence-electron chi connectivity index (χ3n) is 3.11. The van der Waals surface area contributed by atoms with E-state index in [1.54, 1.807) is 4.90 Å². The first-order valence-corrected chi connectivity index (χ1v) is 6.11. The normalized spacial score (nSPS) is 23.2. The van der Waals surface area contributed by atoms with Crippen LogP contribution in [0.15, 0.2) is 18.3 Å². The second-order valence-electron chi connectivity index (χ2n) is 4.66. The molecule has 1 aromatic rings. The van der Waals surface area contributed by atoms with Crippen molar-refractivity contribution in [2.24, 2.45) is 0 Å². The van der Waals surface area contributed by atoms with Gasteiger partial charge in [-0.25, -0.2) is 4.79 Å². The van der Waals surface area contributed by atoms with Crippen LogP contribution in [-0.4, -0.2) is 52.2 Å². The Bertz CT molecular complexity index is 503. The predicted octanol–water partition coefficient (Wildman–Crippen LogP) is 1.03. The number of carbonyl (C=O) groups is 2. The van der Waals surface area contributed by atoms with Gasteiger partial charge < -0.3 is 14.7 Å². The number of carboxylic acid groups (broad SMARTS) is 1. The lowest BCUT2D eigenvalue weighted by Crippen LogP contribution is -2.50. The molecule has 1 saturated heterocycles. The monoisotopic (exact) mass is 264 g/mol. The number of carboxylic acids is 1. The quantitative estimate of drug-likeness (QED) is 0.863. The fourth-order valence-electron chi connectivity index (χ4n) is 2.07. The first-order valence-electron chi connectivity index (χ1n) is 6.11. The van der Waals surface area contributed by atoms with E-state index < -0.39 is 5.97 Å². The summed E-state index contributed by atoms with van der Waals surface area (Å²) in [7, 11) is 0. The lowest BCUT2D eigenvalue weighted by Gasteiger charge is -2.36. The number of rotatable bonds is 2. The van der Waals surface area contributed by atoms with Crippen molar-refractivity contribution in [3.63, 3.8) is 0 Å². The molecule has 2 atom stereocenters. The van der Waals surface area contributed by atoms with Gasteiger partial charge in [0.25, 0.3) is 5.91 Å². The van der Waals surface area contributed by atoms with Gasteiger partial charge in [0.05, 0.1) is 24.3 Å². The molecular weight excluding hydrogens is 248 g/mol. The molecule has 1 aliphatic rings. The van der Waals surface area contributed by atoms with Crippen LogP contribution in [0.5, 0.6) is 0 Å². The summed E-state index contributed by atoms with van der Waals surface area (Å²) in [6.45, 7) is 4.63. The number of aromatic nitrogens is 1. The molecule has 1 N–H and O–H groups in total. The summed E-state index contributed by atoms with van der Waals surface area (Å²) < 4.78 is 5.45. The van der Waals surface area contributed by atoms with Crippen LogP contribution in [0.4, 0.5) is 0 Å². The van der Waals surface area contributed by atoms with Crippen LogP contribution in [0.1, 0.15) is 34.7 Å². The van der Waals surface area contributed by atoms with E-state index in [4.69, 9.17) is 9.84 Å². The lowest BCUT2D eigenvalue weighted by molar-refractivity contribution is -0.0389. The molecule has 102 valence electrons. The number of carbonyl (C=O) groups excluding carboxylic acids is 1. The third-order valence-corrected chi connectivity index (χ3v) is 3.11. The zero-order chi connectivity index (χ0) is 14.0. The maximum Gasteiger partial charge on any atom is 0.338 e. The van der Waals surface area contributed by atoms with Gasteiger partial charge in [0.2, 0.25) is 0 Å².